The normalized spacial score (nSPS) is 9.76. The fourth-order valence-electron chi connectivity index (χ4n) is 1.44. The van der Waals surface area contributed by atoms with Crippen LogP contribution in [0.3, 0.4) is 0 Å². The zero-order valence-corrected chi connectivity index (χ0v) is 9.80. The lowest BCUT2D eigenvalue weighted by Crippen LogP contribution is -2.35. The molecule has 0 spiro atoms. The number of nitrogens with zero attached hydrogens (tertiary/aromatic N) is 2. The maximum atomic E-state index is 11.4. The number of aromatic nitrogens is 1. The number of hydrogen-bond acceptors (Lipinski definition) is 4. The molecule has 0 aliphatic rings. The minimum atomic E-state index is -1.06. The third-order valence-corrected chi connectivity index (χ3v) is 2.19. The van der Waals surface area contributed by atoms with Crippen LogP contribution in [0.25, 0.3) is 0 Å². The molecular weight excluding hydrogens is 222 g/mol. The van der Waals surface area contributed by atoms with Gasteiger partial charge in [-0.25, -0.2) is 4.79 Å². The summed E-state index contributed by atoms with van der Waals surface area (Å²) in [6, 6.07) is 1.57. The minimum absolute atomic E-state index is 0.0827. The number of likely N-dealkylation sites (N-methyl/N-ethyl adjacent to an activating group) is 2. The van der Waals surface area contributed by atoms with Crippen LogP contribution in [0.5, 0.6) is 0 Å². The van der Waals surface area contributed by atoms with E-state index in [0.29, 0.717) is 12.2 Å². The van der Waals surface area contributed by atoms with Gasteiger partial charge in [0.25, 0.3) is 0 Å². The van der Waals surface area contributed by atoms with E-state index in [2.05, 4.69) is 10.3 Å². The van der Waals surface area contributed by atoms with Crippen LogP contribution in [0, 0.1) is 0 Å². The first-order chi connectivity index (χ1) is 8.06. The van der Waals surface area contributed by atoms with Gasteiger partial charge in [0.2, 0.25) is 5.91 Å². The van der Waals surface area contributed by atoms with Gasteiger partial charge in [-0.15, -0.1) is 0 Å². The maximum absolute atomic E-state index is 11.4. The van der Waals surface area contributed by atoms with E-state index in [4.69, 9.17) is 5.11 Å². The zero-order chi connectivity index (χ0) is 12.8. The lowest BCUT2D eigenvalue weighted by atomic mass is 10.2. The monoisotopic (exact) mass is 237 g/mol. The topological polar surface area (TPSA) is 82.5 Å². The van der Waals surface area contributed by atoms with Gasteiger partial charge in [0, 0.05) is 26.0 Å². The van der Waals surface area contributed by atoms with Crippen LogP contribution in [0.2, 0.25) is 0 Å². The third kappa shape index (κ3) is 3.44. The Labute approximate surface area is 99.3 Å². The summed E-state index contributed by atoms with van der Waals surface area (Å²) in [5.74, 6) is -1.21. The number of carboxylic acid groups (broad SMARTS) is 1. The Morgan fingerprint density at radius 1 is 1.53 bits per heavy atom. The molecule has 6 nitrogen and oxygen atoms in total. The molecule has 2 N–H and O–H groups in total. The Morgan fingerprint density at radius 3 is 2.82 bits per heavy atom. The molecule has 0 aliphatic carbocycles. The highest BCUT2D eigenvalue weighted by Crippen LogP contribution is 2.17. The quantitative estimate of drug-likeness (QED) is 0.772. The molecular formula is C11H15N3O3. The summed E-state index contributed by atoms with van der Waals surface area (Å²) >= 11 is 0. The van der Waals surface area contributed by atoms with Gasteiger partial charge >= 0.3 is 5.97 Å². The van der Waals surface area contributed by atoms with Crippen LogP contribution in [0.4, 0.5) is 5.69 Å². The molecule has 1 amide bonds. The largest absolute Gasteiger partial charge is 0.478 e. The van der Waals surface area contributed by atoms with Crippen LogP contribution in [0.1, 0.15) is 17.3 Å². The van der Waals surface area contributed by atoms with Gasteiger partial charge < -0.3 is 15.3 Å². The first-order valence-electron chi connectivity index (χ1n) is 5.21. The SMILES string of the molecule is CCNC(=O)CN(C)c1ccncc1C(=O)O. The van der Waals surface area contributed by atoms with Crippen molar-refractivity contribution in [2.24, 2.45) is 0 Å². The van der Waals surface area contributed by atoms with Crippen molar-refractivity contribution in [2.45, 2.75) is 6.92 Å². The molecule has 0 saturated carbocycles. The fraction of sp³-hybridized carbons (Fsp3) is 0.364. The highest BCUT2D eigenvalue weighted by molar-refractivity contribution is 5.94. The van der Waals surface area contributed by atoms with E-state index in [-0.39, 0.29) is 18.0 Å². The zero-order valence-electron chi connectivity index (χ0n) is 9.80. The van der Waals surface area contributed by atoms with Crippen LogP contribution in [-0.4, -0.2) is 42.1 Å². The van der Waals surface area contributed by atoms with Crippen LogP contribution >= 0.6 is 0 Å². The summed E-state index contributed by atoms with van der Waals surface area (Å²) < 4.78 is 0. The number of carbonyl (C=O) groups excluding carboxylic acids is 1. The molecule has 0 saturated heterocycles. The Balaban J connectivity index is 2.85. The van der Waals surface area contributed by atoms with Crippen molar-refractivity contribution in [1.29, 1.82) is 0 Å². The van der Waals surface area contributed by atoms with E-state index in [1.165, 1.54) is 12.4 Å². The minimum Gasteiger partial charge on any atom is -0.478 e. The van der Waals surface area contributed by atoms with Gasteiger partial charge in [-0.3, -0.25) is 9.78 Å². The highest BCUT2D eigenvalue weighted by Gasteiger charge is 2.15. The third-order valence-electron chi connectivity index (χ3n) is 2.19. The van der Waals surface area contributed by atoms with Crippen molar-refractivity contribution in [3.63, 3.8) is 0 Å². The number of aromatic carboxylic acids is 1. The number of anilines is 1. The van der Waals surface area contributed by atoms with Crippen LogP contribution in [-0.2, 0) is 4.79 Å². The number of hydrogen-bond donors (Lipinski definition) is 2. The number of amides is 1. The predicted octanol–water partition coefficient (Wildman–Crippen LogP) is 0.352. The molecule has 0 bridgehead atoms. The molecule has 1 heterocycles. The molecule has 0 aromatic carbocycles. The Morgan fingerprint density at radius 2 is 2.24 bits per heavy atom. The van der Waals surface area contributed by atoms with Crippen molar-refractivity contribution < 1.29 is 14.7 Å². The predicted molar refractivity (Wildman–Crippen MR) is 63.2 cm³/mol. The first-order valence-corrected chi connectivity index (χ1v) is 5.21. The molecule has 0 atom stereocenters. The van der Waals surface area contributed by atoms with Crippen molar-refractivity contribution in [3.05, 3.63) is 24.0 Å². The van der Waals surface area contributed by atoms with Gasteiger partial charge in [-0.2, -0.15) is 0 Å². The number of carbonyl (C=O) groups is 2. The molecule has 0 fully saturated rings. The van der Waals surface area contributed by atoms with E-state index >= 15 is 0 Å². The van der Waals surface area contributed by atoms with Crippen LogP contribution < -0.4 is 10.2 Å². The molecule has 1 rings (SSSR count). The number of rotatable bonds is 5. The second-order valence-corrected chi connectivity index (χ2v) is 3.51. The Hall–Kier alpha value is -2.11. The van der Waals surface area contributed by atoms with Crippen molar-refractivity contribution in [2.75, 3.05) is 25.0 Å². The molecule has 17 heavy (non-hydrogen) atoms. The van der Waals surface area contributed by atoms with Gasteiger partial charge in [-0.1, -0.05) is 0 Å². The average Bonchev–Trinajstić information content (AvgIpc) is 2.29. The van der Waals surface area contributed by atoms with E-state index in [1.54, 1.807) is 18.0 Å². The standard InChI is InChI=1S/C11H15N3O3/c1-3-13-10(15)7-14(2)9-4-5-12-6-8(9)11(16)17/h4-6H,3,7H2,1-2H3,(H,13,15)(H,16,17). The molecule has 0 aliphatic heterocycles. The van der Waals surface area contributed by atoms with E-state index in [9.17, 15) is 9.59 Å². The average molecular weight is 237 g/mol. The molecule has 1 aromatic rings. The number of nitrogens with one attached hydrogen (secondary N) is 1. The lowest BCUT2D eigenvalue weighted by molar-refractivity contribution is -0.119. The summed E-state index contributed by atoms with van der Waals surface area (Å²) in [5.41, 5.74) is 0.554. The second-order valence-electron chi connectivity index (χ2n) is 3.51. The van der Waals surface area contributed by atoms with E-state index in [0.717, 1.165) is 0 Å². The maximum Gasteiger partial charge on any atom is 0.339 e. The molecule has 6 heteroatoms. The van der Waals surface area contributed by atoms with Crippen molar-refractivity contribution in [1.82, 2.24) is 10.3 Å². The summed E-state index contributed by atoms with van der Waals surface area (Å²) in [5, 5.41) is 11.6. The van der Waals surface area contributed by atoms with Crippen molar-refractivity contribution in [3.8, 4) is 0 Å². The highest BCUT2D eigenvalue weighted by atomic mass is 16.4. The molecule has 0 radical (unpaired) electrons. The van der Waals surface area contributed by atoms with Gasteiger partial charge in [0.15, 0.2) is 0 Å². The van der Waals surface area contributed by atoms with Crippen molar-refractivity contribution >= 4 is 17.6 Å². The summed E-state index contributed by atoms with van der Waals surface area (Å²) in [4.78, 5) is 27.7. The molecule has 0 unspecified atom stereocenters. The smallest absolute Gasteiger partial charge is 0.339 e. The summed E-state index contributed by atoms with van der Waals surface area (Å²) in [7, 11) is 1.66. The van der Waals surface area contributed by atoms with Gasteiger partial charge in [0.1, 0.15) is 5.56 Å². The van der Waals surface area contributed by atoms with Gasteiger partial charge in [-0.05, 0) is 13.0 Å². The molecule has 1 aromatic heterocycles. The first kappa shape index (κ1) is 13.0. The summed E-state index contributed by atoms with van der Waals surface area (Å²) in [6.07, 6.45) is 2.77. The summed E-state index contributed by atoms with van der Waals surface area (Å²) in [6.45, 7) is 2.49. The van der Waals surface area contributed by atoms with E-state index < -0.39 is 5.97 Å². The lowest BCUT2D eigenvalue weighted by Gasteiger charge is -2.20. The van der Waals surface area contributed by atoms with Gasteiger partial charge in [0.05, 0.1) is 12.2 Å². The Bertz CT molecular complexity index is 420. The second kappa shape index (κ2) is 5.83. The van der Waals surface area contributed by atoms with E-state index in [1.807, 2.05) is 6.92 Å². The molecule has 92 valence electrons. The fourth-order valence-corrected chi connectivity index (χ4v) is 1.44. The van der Waals surface area contributed by atoms with Crippen LogP contribution in [0.15, 0.2) is 18.5 Å². The Kier molecular flexibility index (Phi) is 4.45. The number of pyridine rings is 1. The number of carboxylic acids is 1.